The van der Waals surface area contributed by atoms with Crippen LogP contribution in [0.5, 0.6) is 0 Å². The van der Waals surface area contributed by atoms with Gasteiger partial charge in [-0.3, -0.25) is 0 Å². The van der Waals surface area contributed by atoms with E-state index >= 15 is 0 Å². The third kappa shape index (κ3) is 4.07. The van der Waals surface area contributed by atoms with Gasteiger partial charge in [0.1, 0.15) is 6.07 Å². The molecular weight excluding hydrogens is 585 g/mol. The molecule has 2 heterocycles. The predicted octanol–water partition coefficient (Wildman–Crippen LogP) is 10.8. The van der Waals surface area contributed by atoms with Crippen molar-refractivity contribution in [3.63, 3.8) is 0 Å². The predicted molar refractivity (Wildman–Crippen MR) is 195 cm³/mol. The zero-order valence-electron chi connectivity index (χ0n) is 26.1. The first-order valence-corrected chi connectivity index (χ1v) is 16.2. The molecule has 8 aromatic rings. The SMILES string of the molecule is N#Cc1cccc(-n2c3ccccc3c3ccccc32)c1-c1cccc(-c2cccc(-n3c4c(c5ccccc53)CCC=C4)c2C#N)c1. The zero-order valence-corrected chi connectivity index (χ0v) is 26.1. The molecule has 0 radical (unpaired) electrons. The van der Waals surface area contributed by atoms with Gasteiger partial charge in [-0.05, 0) is 78.1 Å². The molecule has 9 rings (SSSR count). The molecule has 0 saturated carbocycles. The molecule has 48 heavy (non-hydrogen) atoms. The van der Waals surface area contributed by atoms with Crippen LogP contribution in [-0.2, 0) is 6.42 Å². The Hall–Kier alpha value is -6.62. The number of hydrogen-bond acceptors (Lipinski definition) is 2. The summed E-state index contributed by atoms with van der Waals surface area (Å²) in [7, 11) is 0. The van der Waals surface area contributed by atoms with Gasteiger partial charge in [0.25, 0.3) is 0 Å². The highest BCUT2D eigenvalue weighted by molar-refractivity contribution is 6.10. The number of allylic oxidation sites excluding steroid dienone is 1. The second kappa shape index (κ2) is 11.0. The van der Waals surface area contributed by atoms with E-state index in [2.05, 4.69) is 130 Å². The van der Waals surface area contributed by atoms with Crippen molar-refractivity contribution in [3.8, 4) is 45.8 Å². The first-order chi connectivity index (χ1) is 23.8. The molecule has 2 aromatic heterocycles. The van der Waals surface area contributed by atoms with Gasteiger partial charge in [0.05, 0.1) is 45.1 Å². The molecular formula is C44H28N4. The third-order valence-corrected chi connectivity index (χ3v) is 9.70. The third-order valence-electron chi connectivity index (χ3n) is 9.70. The number of nitrogens with zero attached hydrogens (tertiary/aromatic N) is 4. The summed E-state index contributed by atoms with van der Waals surface area (Å²) >= 11 is 0. The Kier molecular flexibility index (Phi) is 6.35. The largest absolute Gasteiger partial charge is 0.309 e. The minimum atomic E-state index is 0.595. The van der Waals surface area contributed by atoms with Gasteiger partial charge >= 0.3 is 0 Å². The summed E-state index contributed by atoms with van der Waals surface area (Å²) in [5.41, 5.74) is 12.3. The summed E-state index contributed by atoms with van der Waals surface area (Å²) in [5.74, 6) is 0. The molecule has 1 aliphatic carbocycles. The molecule has 6 aromatic carbocycles. The summed E-state index contributed by atoms with van der Waals surface area (Å²) in [6, 6.07) is 50.7. The molecule has 4 heteroatoms. The molecule has 0 unspecified atom stereocenters. The van der Waals surface area contributed by atoms with E-state index in [1.807, 2.05) is 36.4 Å². The van der Waals surface area contributed by atoms with Crippen LogP contribution < -0.4 is 0 Å². The molecule has 0 atom stereocenters. The summed E-state index contributed by atoms with van der Waals surface area (Å²) in [5, 5.41) is 24.7. The number of para-hydroxylation sites is 3. The second-order valence-electron chi connectivity index (χ2n) is 12.2. The maximum atomic E-state index is 10.7. The Bertz CT molecular complexity index is 2650. The first kappa shape index (κ1) is 27.7. The lowest BCUT2D eigenvalue weighted by atomic mass is 9.92. The first-order valence-electron chi connectivity index (χ1n) is 16.2. The van der Waals surface area contributed by atoms with Crippen molar-refractivity contribution >= 4 is 38.8 Å². The van der Waals surface area contributed by atoms with Gasteiger partial charge in [0.15, 0.2) is 0 Å². The van der Waals surface area contributed by atoms with E-state index in [4.69, 9.17) is 0 Å². The molecule has 1 aliphatic rings. The topological polar surface area (TPSA) is 57.4 Å². The van der Waals surface area contributed by atoms with E-state index in [1.165, 1.54) is 21.7 Å². The molecule has 4 nitrogen and oxygen atoms in total. The smallest absolute Gasteiger partial charge is 0.102 e. The van der Waals surface area contributed by atoms with Gasteiger partial charge < -0.3 is 9.13 Å². The van der Waals surface area contributed by atoms with Gasteiger partial charge in [0.2, 0.25) is 0 Å². The fraction of sp³-hybridized carbons (Fsp3) is 0.0455. The van der Waals surface area contributed by atoms with Crippen molar-refractivity contribution in [1.82, 2.24) is 9.13 Å². The van der Waals surface area contributed by atoms with E-state index in [9.17, 15) is 10.5 Å². The lowest BCUT2D eigenvalue weighted by molar-refractivity contribution is 0.966. The van der Waals surface area contributed by atoms with Crippen LogP contribution in [0.15, 0.2) is 140 Å². The average Bonchev–Trinajstić information content (AvgIpc) is 3.67. The molecule has 0 spiro atoms. The van der Waals surface area contributed by atoms with Gasteiger partial charge in [0, 0.05) is 33.0 Å². The minimum absolute atomic E-state index is 0.595. The molecule has 0 aliphatic heterocycles. The zero-order chi connectivity index (χ0) is 32.2. The summed E-state index contributed by atoms with van der Waals surface area (Å²) in [6.07, 6.45) is 6.41. The monoisotopic (exact) mass is 612 g/mol. The van der Waals surface area contributed by atoms with Crippen molar-refractivity contribution in [3.05, 3.63) is 162 Å². The Labute approximate surface area is 278 Å². The normalized spacial score (nSPS) is 12.3. The highest BCUT2D eigenvalue weighted by Gasteiger charge is 2.22. The quantitative estimate of drug-likeness (QED) is 0.199. The van der Waals surface area contributed by atoms with Crippen molar-refractivity contribution in [1.29, 1.82) is 10.5 Å². The van der Waals surface area contributed by atoms with Crippen molar-refractivity contribution < 1.29 is 0 Å². The van der Waals surface area contributed by atoms with Gasteiger partial charge in [-0.15, -0.1) is 0 Å². The van der Waals surface area contributed by atoms with E-state index < -0.39 is 0 Å². The molecule has 0 saturated heterocycles. The number of benzene rings is 6. The van der Waals surface area contributed by atoms with Crippen LogP contribution in [0.1, 0.15) is 28.8 Å². The van der Waals surface area contributed by atoms with Crippen LogP contribution in [0.3, 0.4) is 0 Å². The van der Waals surface area contributed by atoms with E-state index in [0.29, 0.717) is 11.1 Å². The molecule has 0 bridgehead atoms. The van der Waals surface area contributed by atoms with Gasteiger partial charge in [-0.25, -0.2) is 0 Å². The molecule has 0 amide bonds. The van der Waals surface area contributed by atoms with E-state index in [1.54, 1.807) is 0 Å². The lowest BCUT2D eigenvalue weighted by Crippen LogP contribution is -2.03. The number of rotatable bonds is 4. The van der Waals surface area contributed by atoms with Crippen molar-refractivity contribution in [2.75, 3.05) is 0 Å². The van der Waals surface area contributed by atoms with Crippen LogP contribution in [0, 0.1) is 22.7 Å². The number of aryl methyl sites for hydroxylation is 1. The summed E-state index contributed by atoms with van der Waals surface area (Å²) in [4.78, 5) is 0. The maximum absolute atomic E-state index is 10.7. The van der Waals surface area contributed by atoms with Gasteiger partial charge in [-0.2, -0.15) is 10.5 Å². The molecule has 0 fully saturated rings. The average molecular weight is 613 g/mol. The highest BCUT2D eigenvalue weighted by atomic mass is 15.0. The van der Waals surface area contributed by atoms with Crippen LogP contribution in [0.4, 0.5) is 0 Å². The number of aromatic nitrogens is 2. The van der Waals surface area contributed by atoms with E-state index in [0.717, 1.165) is 68.7 Å². The minimum Gasteiger partial charge on any atom is -0.309 e. The summed E-state index contributed by atoms with van der Waals surface area (Å²) < 4.78 is 4.51. The number of fused-ring (bicyclic) bond motifs is 6. The summed E-state index contributed by atoms with van der Waals surface area (Å²) in [6.45, 7) is 0. The highest BCUT2D eigenvalue weighted by Crippen LogP contribution is 2.40. The number of nitriles is 2. The second-order valence-corrected chi connectivity index (χ2v) is 12.2. The van der Waals surface area contributed by atoms with Crippen LogP contribution in [-0.4, -0.2) is 9.13 Å². The van der Waals surface area contributed by atoms with Crippen molar-refractivity contribution in [2.45, 2.75) is 12.8 Å². The Morgan fingerprint density at radius 1 is 0.542 bits per heavy atom. The fourth-order valence-corrected chi connectivity index (χ4v) is 7.68. The van der Waals surface area contributed by atoms with E-state index in [-0.39, 0.29) is 0 Å². The Morgan fingerprint density at radius 2 is 1.17 bits per heavy atom. The van der Waals surface area contributed by atoms with Crippen LogP contribution in [0.25, 0.3) is 72.4 Å². The molecule has 224 valence electrons. The Balaban J connectivity index is 1.26. The molecule has 0 N–H and O–H groups in total. The van der Waals surface area contributed by atoms with Gasteiger partial charge in [-0.1, -0.05) is 97.1 Å². The standard InChI is InChI=1S/C44H28N4/c45-27-31-14-10-25-43(48-40-22-7-3-17-35(40)36-18-4-8-23-41(36)48)44(31)30-13-9-12-29(26-30)32-19-11-24-42(37(32)28-46)47-38-20-5-1-15-33(38)34-16-2-6-21-39(34)47/h1,3-15,17-26H,2,16H2. The van der Waals surface area contributed by atoms with Crippen LogP contribution in [0.2, 0.25) is 0 Å². The maximum Gasteiger partial charge on any atom is 0.102 e. The fourth-order valence-electron chi connectivity index (χ4n) is 7.68. The van der Waals surface area contributed by atoms with Crippen LogP contribution >= 0.6 is 0 Å². The Morgan fingerprint density at radius 3 is 1.90 bits per heavy atom. The number of hydrogen-bond donors (Lipinski definition) is 0. The van der Waals surface area contributed by atoms with Crippen molar-refractivity contribution in [2.24, 2.45) is 0 Å². The lowest BCUT2D eigenvalue weighted by Gasteiger charge is -2.18.